The van der Waals surface area contributed by atoms with Crippen LogP contribution in [0.2, 0.25) is 0 Å². The monoisotopic (exact) mass is 588 g/mol. The molecule has 0 saturated carbocycles. The molecule has 1 atom stereocenters. The lowest BCUT2D eigenvalue weighted by Crippen LogP contribution is -2.63. The highest BCUT2D eigenvalue weighted by Crippen LogP contribution is 2.56. The molecule has 0 N–H and O–H groups in total. The molecular weight excluding hydrogens is 570 g/mol. The Morgan fingerprint density at radius 1 is 0.579 bits per heavy atom. The van der Waals surface area contributed by atoms with Crippen LogP contribution in [0, 0.1) is 0 Å². The second kappa shape index (κ2) is 10.5. The van der Waals surface area contributed by atoms with Crippen LogP contribution >= 0.6 is 8.81 Å². The molecule has 0 aliphatic heterocycles. The average Bonchev–Trinajstić information content (AvgIpc) is 2.87. The summed E-state index contributed by atoms with van der Waals surface area (Å²) in [5, 5.41) is -6.92. The SMILES string of the molecule is O=S(=O)(OPCC(c1ccccc1)(c1ccccc1)c1ccccc1)C(F)(F)C(F)(F)C(F)(F)C(F)(F)F. The molecule has 0 heterocycles. The van der Waals surface area contributed by atoms with Crippen LogP contribution in [0.4, 0.5) is 39.5 Å². The molecule has 0 aromatic heterocycles. The van der Waals surface area contributed by atoms with E-state index in [0.29, 0.717) is 16.7 Å². The first-order chi connectivity index (χ1) is 17.5. The first kappa shape index (κ1) is 29.9. The minimum Gasteiger partial charge on any atom is -0.246 e. The Morgan fingerprint density at radius 2 is 0.921 bits per heavy atom. The van der Waals surface area contributed by atoms with Gasteiger partial charge in [0.15, 0.2) is 0 Å². The van der Waals surface area contributed by atoms with Gasteiger partial charge in [0.25, 0.3) is 0 Å². The summed E-state index contributed by atoms with van der Waals surface area (Å²) in [5.74, 6) is -14.7. The van der Waals surface area contributed by atoms with Gasteiger partial charge in [-0.15, -0.1) is 0 Å². The predicted molar refractivity (Wildman–Crippen MR) is 123 cm³/mol. The van der Waals surface area contributed by atoms with Crippen molar-refractivity contribution in [3.05, 3.63) is 108 Å². The first-order valence-electron chi connectivity index (χ1n) is 10.5. The van der Waals surface area contributed by atoms with Crippen LogP contribution in [0.25, 0.3) is 0 Å². The fourth-order valence-electron chi connectivity index (χ4n) is 3.76. The van der Waals surface area contributed by atoms with Crippen molar-refractivity contribution >= 4 is 18.9 Å². The molecule has 0 spiro atoms. The third kappa shape index (κ3) is 5.03. The minimum absolute atomic E-state index is 0.485. The van der Waals surface area contributed by atoms with Crippen LogP contribution in [-0.4, -0.2) is 37.9 Å². The smallest absolute Gasteiger partial charge is 0.246 e. The molecule has 0 radical (unpaired) electrons. The van der Waals surface area contributed by atoms with E-state index in [1.165, 1.54) is 0 Å². The van der Waals surface area contributed by atoms with Gasteiger partial charge in [-0.05, 0) is 16.7 Å². The van der Waals surface area contributed by atoms with Gasteiger partial charge in [-0.25, -0.2) is 3.97 Å². The van der Waals surface area contributed by atoms with E-state index in [-0.39, 0.29) is 0 Å². The van der Waals surface area contributed by atoms with Crippen molar-refractivity contribution in [1.29, 1.82) is 0 Å². The van der Waals surface area contributed by atoms with E-state index in [1.54, 1.807) is 91.0 Å². The molecule has 0 aliphatic carbocycles. The van der Waals surface area contributed by atoms with Gasteiger partial charge in [-0.2, -0.15) is 47.9 Å². The molecule has 0 amide bonds. The standard InChI is InChI=1S/C24H18F9O3PS/c25-21(26,23(29,30)31)22(27,28)24(32,33)38(34,35)36-37-16-20(17-10-4-1-5-11-17,18-12-6-2-7-13-18)19-14-8-3-9-15-19/h1-15,37H,16H2. The summed E-state index contributed by atoms with van der Waals surface area (Å²) < 4.78 is 148. The highest BCUT2D eigenvalue weighted by atomic mass is 32.2. The maximum atomic E-state index is 14.2. The second-order valence-corrected chi connectivity index (χ2v) is 10.8. The van der Waals surface area contributed by atoms with Crippen molar-refractivity contribution in [1.82, 2.24) is 0 Å². The van der Waals surface area contributed by atoms with Crippen molar-refractivity contribution in [2.24, 2.45) is 0 Å². The van der Waals surface area contributed by atoms with E-state index in [0.717, 1.165) is 0 Å². The largest absolute Gasteiger partial charge is 0.460 e. The minimum atomic E-state index is -7.37. The Morgan fingerprint density at radius 3 is 1.24 bits per heavy atom. The van der Waals surface area contributed by atoms with Crippen LogP contribution < -0.4 is 0 Å². The van der Waals surface area contributed by atoms with Gasteiger partial charge in [-0.3, -0.25) is 0 Å². The third-order valence-corrected chi connectivity index (χ3v) is 8.64. The Bertz CT molecular complexity index is 1220. The number of hydrogen-bond donors (Lipinski definition) is 0. The molecule has 3 rings (SSSR count). The molecule has 1 unspecified atom stereocenters. The first-order valence-corrected chi connectivity index (χ1v) is 13.1. The van der Waals surface area contributed by atoms with E-state index in [2.05, 4.69) is 3.97 Å². The summed E-state index contributed by atoms with van der Waals surface area (Å²) in [4.78, 5) is 0. The zero-order chi connectivity index (χ0) is 28.5. The van der Waals surface area contributed by atoms with Gasteiger partial charge in [0.2, 0.25) is 0 Å². The zero-order valence-electron chi connectivity index (χ0n) is 18.9. The van der Waals surface area contributed by atoms with E-state index >= 15 is 0 Å². The Kier molecular flexibility index (Phi) is 8.27. The van der Waals surface area contributed by atoms with Gasteiger partial charge >= 0.3 is 33.4 Å². The van der Waals surface area contributed by atoms with Crippen molar-refractivity contribution in [3.63, 3.8) is 0 Å². The normalized spacial score (nSPS) is 14.2. The van der Waals surface area contributed by atoms with Crippen molar-refractivity contribution in [3.8, 4) is 0 Å². The second-order valence-electron chi connectivity index (χ2n) is 8.03. The number of halogens is 9. The van der Waals surface area contributed by atoms with Crippen molar-refractivity contribution < 1.29 is 51.9 Å². The number of hydrogen-bond acceptors (Lipinski definition) is 3. The van der Waals surface area contributed by atoms with Crippen LogP contribution in [0.3, 0.4) is 0 Å². The van der Waals surface area contributed by atoms with Crippen molar-refractivity contribution in [2.75, 3.05) is 6.16 Å². The molecule has 3 aromatic rings. The number of alkyl halides is 9. The fourth-order valence-corrected chi connectivity index (χ4v) is 6.31. The Balaban J connectivity index is 2.04. The summed E-state index contributed by atoms with van der Waals surface area (Å²) in [6.07, 6.45) is -7.65. The van der Waals surface area contributed by atoms with E-state index < -0.39 is 53.8 Å². The van der Waals surface area contributed by atoms with E-state index in [1.807, 2.05) is 0 Å². The molecule has 0 fully saturated rings. The Labute approximate surface area is 213 Å². The summed E-state index contributed by atoms with van der Waals surface area (Å²) >= 11 is 0. The number of benzene rings is 3. The molecule has 38 heavy (non-hydrogen) atoms. The maximum Gasteiger partial charge on any atom is 0.460 e. The molecular formula is C24H18F9O3PS. The predicted octanol–water partition coefficient (Wildman–Crippen LogP) is 7.39. The topological polar surface area (TPSA) is 43.4 Å². The highest BCUT2D eigenvalue weighted by molar-refractivity contribution is 7.90. The lowest BCUT2D eigenvalue weighted by atomic mass is 9.71. The van der Waals surface area contributed by atoms with Crippen LogP contribution in [0.5, 0.6) is 0 Å². The van der Waals surface area contributed by atoms with Gasteiger partial charge < -0.3 is 0 Å². The van der Waals surface area contributed by atoms with Crippen molar-refractivity contribution in [2.45, 2.75) is 28.7 Å². The lowest BCUT2D eigenvalue weighted by molar-refractivity contribution is -0.382. The molecule has 3 nitrogen and oxygen atoms in total. The van der Waals surface area contributed by atoms with Gasteiger partial charge in [0, 0.05) is 15.0 Å². The van der Waals surface area contributed by atoms with Gasteiger partial charge in [0.1, 0.15) is 0 Å². The van der Waals surface area contributed by atoms with Gasteiger partial charge in [-0.1, -0.05) is 91.0 Å². The molecule has 3 aromatic carbocycles. The Hall–Kier alpha value is -2.63. The molecule has 0 saturated heterocycles. The van der Waals surface area contributed by atoms with Gasteiger partial charge in [0.05, 0.1) is 5.41 Å². The lowest BCUT2D eigenvalue weighted by Gasteiger charge is -2.36. The van der Waals surface area contributed by atoms with Crippen LogP contribution in [0.1, 0.15) is 16.7 Å². The molecule has 0 bridgehead atoms. The highest BCUT2D eigenvalue weighted by Gasteiger charge is 2.85. The summed E-state index contributed by atoms with van der Waals surface area (Å²) in [6, 6.07) is 24.6. The average molecular weight is 588 g/mol. The molecule has 206 valence electrons. The van der Waals surface area contributed by atoms with E-state index in [4.69, 9.17) is 0 Å². The quantitative estimate of drug-likeness (QED) is 0.141. The fraction of sp³-hybridized carbons (Fsp3) is 0.250. The maximum absolute atomic E-state index is 14.2. The summed E-state index contributed by atoms with van der Waals surface area (Å²) in [6.45, 7) is 0. The number of rotatable bonds is 10. The molecule has 14 heteroatoms. The summed E-state index contributed by atoms with van der Waals surface area (Å²) in [5.41, 5.74) is 0.204. The van der Waals surface area contributed by atoms with Crippen LogP contribution in [-0.2, 0) is 19.5 Å². The molecule has 0 aliphatic rings. The van der Waals surface area contributed by atoms with E-state index in [9.17, 15) is 47.9 Å². The zero-order valence-corrected chi connectivity index (χ0v) is 20.7. The third-order valence-electron chi connectivity index (χ3n) is 5.74. The summed E-state index contributed by atoms with van der Waals surface area (Å²) in [7, 11) is -8.57. The van der Waals surface area contributed by atoms with Crippen LogP contribution in [0.15, 0.2) is 91.0 Å².